The maximum Gasteiger partial charge on any atom is 0.321 e. The second kappa shape index (κ2) is 6.14. The van der Waals surface area contributed by atoms with Crippen molar-refractivity contribution in [1.29, 1.82) is 5.26 Å². The molecular weight excluding hydrogens is 278 g/mol. The third kappa shape index (κ3) is 2.99. The molecule has 0 aliphatic carbocycles. The van der Waals surface area contributed by atoms with E-state index in [4.69, 9.17) is 5.26 Å². The Kier molecular flexibility index (Phi) is 3.88. The fraction of sp³-hybridized carbons (Fsp3) is 0.188. The number of pyridine rings is 1. The number of hydrogen-bond acceptors (Lipinski definition) is 4. The van der Waals surface area contributed by atoms with Crippen molar-refractivity contribution in [2.24, 2.45) is 0 Å². The van der Waals surface area contributed by atoms with Gasteiger partial charge in [0.25, 0.3) is 0 Å². The second-order valence-corrected chi connectivity index (χ2v) is 4.95. The molecule has 110 valence electrons. The topological polar surface area (TPSA) is 81.0 Å². The Hall–Kier alpha value is -3.07. The number of nitrogens with zero attached hydrogens (tertiary/aromatic N) is 3. The lowest BCUT2D eigenvalue weighted by molar-refractivity contribution is 0.243. The maximum atomic E-state index is 11.9. The first kappa shape index (κ1) is 13.9. The summed E-state index contributed by atoms with van der Waals surface area (Å²) >= 11 is 0. The molecule has 2 heterocycles. The Morgan fingerprint density at radius 3 is 2.95 bits per heavy atom. The first-order valence-corrected chi connectivity index (χ1v) is 7.05. The minimum atomic E-state index is -0.0703. The molecule has 2 amide bonds. The zero-order valence-corrected chi connectivity index (χ0v) is 11.9. The van der Waals surface area contributed by atoms with Gasteiger partial charge < -0.3 is 10.6 Å². The van der Waals surface area contributed by atoms with Gasteiger partial charge in [-0.1, -0.05) is 6.07 Å². The molecule has 6 nitrogen and oxygen atoms in total. The molecule has 0 saturated carbocycles. The van der Waals surface area contributed by atoms with E-state index in [1.807, 2.05) is 30.3 Å². The normalized spacial score (nSPS) is 14.1. The second-order valence-electron chi connectivity index (χ2n) is 4.95. The maximum absolute atomic E-state index is 11.9. The van der Waals surface area contributed by atoms with Crippen molar-refractivity contribution >= 4 is 23.1 Å². The van der Waals surface area contributed by atoms with Gasteiger partial charge in [0.1, 0.15) is 11.8 Å². The Labute approximate surface area is 128 Å². The number of benzene rings is 1. The van der Waals surface area contributed by atoms with Crippen molar-refractivity contribution in [2.45, 2.75) is 6.42 Å². The summed E-state index contributed by atoms with van der Waals surface area (Å²) in [6.07, 6.45) is 2.52. The zero-order valence-electron chi connectivity index (χ0n) is 11.9. The van der Waals surface area contributed by atoms with E-state index in [9.17, 15) is 4.79 Å². The Bertz CT molecular complexity index is 737. The summed E-state index contributed by atoms with van der Waals surface area (Å²) in [6, 6.07) is 13.0. The van der Waals surface area contributed by atoms with Gasteiger partial charge in [-0.2, -0.15) is 5.26 Å². The SMILES string of the molecule is N#Cc1cc(Nc2cccc(N3CCCNC3=O)c2)ccn1. The van der Waals surface area contributed by atoms with Crippen LogP contribution in [0.3, 0.4) is 0 Å². The van der Waals surface area contributed by atoms with Gasteiger partial charge in [0.05, 0.1) is 0 Å². The number of aromatic nitrogens is 1. The van der Waals surface area contributed by atoms with Crippen molar-refractivity contribution in [2.75, 3.05) is 23.3 Å². The average Bonchev–Trinajstić information content (AvgIpc) is 2.56. The van der Waals surface area contributed by atoms with Gasteiger partial charge in [-0.3, -0.25) is 4.90 Å². The molecule has 1 aromatic heterocycles. The van der Waals surface area contributed by atoms with Gasteiger partial charge in [0.2, 0.25) is 0 Å². The number of urea groups is 1. The van der Waals surface area contributed by atoms with Crippen molar-refractivity contribution in [3.8, 4) is 6.07 Å². The lowest BCUT2D eigenvalue weighted by Crippen LogP contribution is -2.46. The number of nitrogens with one attached hydrogen (secondary N) is 2. The third-order valence-corrected chi connectivity index (χ3v) is 3.40. The molecule has 1 aliphatic rings. The highest BCUT2D eigenvalue weighted by Gasteiger charge is 2.19. The predicted molar refractivity (Wildman–Crippen MR) is 84.0 cm³/mol. The summed E-state index contributed by atoms with van der Waals surface area (Å²) in [5.74, 6) is 0. The molecule has 1 fully saturated rings. The van der Waals surface area contributed by atoms with Crippen molar-refractivity contribution < 1.29 is 4.79 Å². The highest BCUT2D eigenvalue weighted by Crippen LogP contribution is 2.23. The third-order valence-electron chi connectivity index (χ3n) is 3.40. The average molecular weight is 293 g/mol. The summed E-state index contributed by atoms with van der Waals surface area (Å²) in [4.78, 5) is 17.6. The fourth-order valence-electron chi connectivity index (χ4n) is 2.36. The fourth-order valence-corrected chi connectivity index (χ4v) is 2.36. The van der Waals surface area contributed by atoms with E-state index in [0.29, 0.717) is 12.2 Å². The van der Waals surface area contributed by atoms with Crippen LogP contribution in [0, 0.1) is 11.3 Å². The van der Waals surface area contributed by atoms with E-state index in [1.165, 1.54) is 0 Å². The first-order chi connectivity index (χ1) is 10.8. The van der Waals surface area contributed by atoms with Crippen LogP contribution >= 0.6 is 0 Å². The Balaban J connectivity index is 1.82. The van der Waals surface area contributed by atoms with Crippen molar-refractivity contribution in [3.63, 3.8) is 0 Å². The van der Waals surface area contributed by atoms with Crippen LogP contribution in [0.4, 0.5) is 21.9 Å². The van der Waals surface area contributed by atoms with E-state index in [1.54, 1.807) is 23.2 Å². The molecule has 1 saturated heterocycles. The number of anilines is 3. The lowest BCUT2D eigenvalue weighted by atomic mass is 10.2. The number of amides is 2. The lowest BCUT2D eigenvalue weighted by Gasteiger charge is -2.27. The molecule has 6 heteroatoms. The molecule has 0 radical (unpaired) electrons. The predicted octanol–water partition coefficient (Wildman–Crippen LogP) is 2.62. The number of nitriles is 1. The minimum Gasteiger partial charge on any atom is -0.355 e. The van der Waals surface area contributed by atoms with Gasteiger partial charge in [0.15, 0.2) is 0 Å². The Morgan fingerprint density at radius 2 is 2.14 bits per heavy atom. The van der Waals surface area contributed by atoms with E-state index in [0.717, 1.165) is 30.0 Å². The van der Waals surface area contributed by atoms with E-state index in [2.05, 4.69) is 15.6 Å². The van der Waals surface area contributed by atoms with E-state index >= 15 is 0 Å². The molecule has 0 unspecified atom stereocenters. The Morgan fingerprint density at radius 1 is 1.27 bits per heavy atom. The molecule has 1 aromatic carbocycles. The van der Waals surface area contributed by atoms with Gasteiger partial charge in [-0.15, -0.1) is 0 Å². The molecule has 0 bridgehead atoms. The van der Waals surface area contributed by atoms with Crippen LogP contribution in [-0.2, 0) is 0 Å². The summed E-state index contributed by atoms with van der Waals surface area (Å²) in [6.45, 7) is 1.43. The van der Waals surface area contributed by atoms with E-state index < -0.39 is 0 Å². The van der Waals surface area contributed by atoms with Crippen LogP contribution in [0.2, 0.25) is 0 Å². The molecular formula is C16H15N5O. The summed E-state index contributed by atoms with van der Waals surface area (Å²) < 4.78 is 0. The van der Waals surface area contributed by atoms with Crippen LogP contribution in [0.15, 0.2) is 42.6 Å². The van der Waals surface area contributed by atoms with Crippen LogP contribution in [-0.4, -0.2) is 24.1 Å². The van der Waals surface area contributed by atoms with Gasteiger partial charge in [0, 0.05) is 36.3 Å². The van der Waals surface area contributed by atoms with Crippen LogP contribution in [0.1, 0.15) is 12.1 Å². The largest absolute Gasteiger partial charge is 0.355 e. The number of rotatable bonds is 3. The minimum absolute atomic E-state index is 0.0703. The number of carbonyl (C=O) groups is 1. The van der Waals surface area contributed by atoms with Crippen molar-refractivity contribution in [1.82, 2.24) is 10.3 Å². The van der Waals surface area contributed by atoms with Gasteiger partial charge in [-0.05, 0) is 36.8 Å². The van der Waals surface area contributed by atoms with E-state index in [-0.39, 0.29) is 6.03 Å². The van der Waals surface area contributed by atoms with Crippen molar-refractivity contribution in [3.05, 3.63) is 48.3 Å². The molecule has 2 N–H and O–H groups in total. The molecule has 0 spiro atoms. The van der Waals surface area contributed by atoms with Crippen LogP contribution < -0.4 is 15.5 Å². The molecule has 0 atom stereocenters. The van der Waals surface area contributed by atoms with Gasteiger partial charge >= 0.3 is 6.03 Å². The summed E-state index contributed by atoms with van der Waals surface area (Å²) in [7, 11) is 0. The smallest absolute Gasteiger partial charge is 0.321 e. The van der Waals surface area contributed by atoms with Gasteiger partial charge in [-0.25, -0.2) is 9.78 Å². The standard InChI is InChI=1S/C16H15N5O/c17-11-14-9-13(5-7-18-14)20-12-3-1-4-15(10-12)21-8-2-6-19-16(21)22/h1,3-5,7,9-10H,2,6,8H2,(H,18,20)(H,19,22). The molecule has 1 aliphatic heterocycles. The number of hydrogen-bond donors (Lipinski definition) is 2. The quantitative estimate of drug-likeness (QED) is 0.911. The zero-order chi connectivity index (χ0) is 15.4. The highest BCUT2D eigenvalue weighted by atomic mass is 16.2. The monoisotopic (exact) mass is 293 g/mol. The first-order valence-electron chi connectivity index (χ1n) is 7.05. The summed E-state index contributed by atoms with van der Waals surface area (Å²) in [5.41, 5.74) is 2.84. The van der Waals surface area contributed by atoms with Crippen LogP contribution in [0.25, 0.3) is 0 Å². The molecule has 2 aromatic rings. The summed E-state index contributed by atoms with van der Waals surface area (Å²) in [5, 5.41) is 14.9. The molecule has 3 rings (SSSR count). The van der Waals surface area contributed by atoms with Crippen LogP contribution in [0.5, 0.6) is 0 Å². The molecule has 22 heavy (non-hydrogen) atoms. The highest BCUT2D eigenvalue weighted by molar-refractivity contribution is 5.93. The number of carbonyl (C=O) groups excluding carboxylic acids is 1.